The summed E-state index contributed by atoms with van der Waals surface area (Å²) >= 11 is 0. The third-order valence-corrected chi connectivity index (χ3v) is 5.59. The van der Waals surface area contributed by atoms with Crippen molar-refractivity contribution in [1.29, 1.82) is 0 Å². The number of H-pyrrole nitrogens is 1. The summed E-state index contributed by atoms with van der Waals surface area (Å²) in [7, 11) is 0. The van der Waals surface area contributed by atoms with Crippen LogP contribution in [0.4, 0.5) is 0 Å². The molecule has 6 nitrogen and oxygen atoms in total. The largest absolute Gasteiger partial charge is 0.481 e. The fraction of sp³-hybridized carbons (Fsp3) is 0.304. The average Bonchev–Trinajstić information content (AvgIpc) is 3.22. The Balaban J connectivity index is 1.88. The maximum absolute atomic E-state index is 13.5. The van der Waals surface area contributed by atoms with E-state index in [0.717, 1.165) is 39.5 Å². The highest BCUT2D eigenvalue weighted by Gasteiger charge is 2.22. The van der Waals surface area contributed by atoms with Gasteiger partial charge in [0.1, 0.15) is 0 Å². The molecule has 6 heteroatoms. The van der Waals surface area contributed by atoms with Gasteiger partial charge in [0.2, 0.25) is 0 Å². The Hall–Kier alpha value is -3.28. The number of aromatic amines is 1. The molecule has 4 aromatic rings. The van der Waals surface area contributed by atoms with Crippen molar-refractivity contribution >= 4 is 27.9 Å². The molecule has 0 aliphatic rings. The minimum Gasteiger partial charge on any atom is -0.481 e. The van der Waals surface area contributed by atoms with Crippen LogP contribution in [0.25, 0.3) is 21.9 Å². The van der Waals surface area contributed by atoms with Crippen LogP contribution in [0.15, 0.2) is 53.5 Å². The highest BCUT2D eigenvalue weighted by Crippen LogP contribution is 2.26. The zero-order valence-corrected chi connectivity index (χ0v) is 16.7. The number of nitrogens with zero attached hydrogens (tertiary/aromatic N) is 2. The van der Waals surface area contributed by atoms with Crippen LogP contribution in [0.2, 0.25) is 0 Å². The number of rotatable bonds is 7. The number of benzene rings is 2. The van der Waals surface area contributed by atoms with E-state index in [1.165, 1.54) is 0 Å². The Bertz CT molecular complexity index is 1250. The summed E-state index contributed by atoms with van der Waals surface area (Å²) < 4.78 is 3.43. The fourth-order valence-electron chi connectivity index (χ4n) is 4.34. The maximum Gasteiger partial charge on any atom is 0.329 e. The maximum atomic E-state index is 13.5. The van der Waals surface area contributed by atoms with Crippen molar-refractivity contribution in [3.8, 4) is 0 Å². The molecule has 0 amide bonds. The SMILES string of the molecule is CCC[C@@H](CC(=O)O)n1c(=O)n(Cc2c[nH]c3cccc(C)c23)c2ccccc21. The molecule has 0 radical (unpaired) electrons. The highest BCUT2D eigenvalue weighted by molar-refractivity contribution is 5.86. The Labute approximate surface area is 168 Å². The van der Waals surface area contributed by atoms with Gasteiger partial charge in [-0.2, -0.15) is 0 Å². The van der Waals surface area contributed by atoms with E-state index in [4.69, 9.17) is 0 Å². The number of carboxylic acid groups (broad SMARTS) is 1. The van der Waals surface area contributed by atoms with Crippen LogP contribution in [0.5, 0.6) is 0 Å². The summed E-state index contributed by atoms with van der Waals surface area (Å²) in [6.07, 6.45) is 3.35. The zero-order valence-electron chi connectivity index (χ0n) is 16.7. The van der Waals surface area contributed by atoms with Crippen molar-refractivity contribution in [2.75, 3.05) is 0 Å². The average molecular weight is 391 g/mol. The summed E-state index contributed by atoms with van der Waals surface area (Å²) in [6.45, 7) is 4.51. The monoisotopic (exact) mass is 391 g/mol. The van der Waals surface area contributed by atoms with Gasteiger partial charge in [-0.05, 0) is 42.7 Å². The molecule has 29 heavy (non-hydrogen) atoms. The number of aryl methyl sites for hydroxylation is 1. The number of para-hydroxylation sites is 2. The van der Waals surface area contributed by atoms with E-state index in [9.17, 15) is 14.7 Å². The van der Waals surface area contributed by atoms with Gasteiger partial charge in [-0.3, -0.25) is 13.9 Å². The topological polar surface area (TPSA) is 80.0 Å². The Kier molecular flexibility index (Phi) is 5.01. The number of aliphatic carboxylic acids is 1. The van der Waals surface area contributed by atoms with Gasteiger partial charge >= 0.3 is 11.7 Å². The molecule has 0 unspecified atom stereocenters. The van der Waals surface area contributed by atoms with E-state index in [1.807, 2.05) is 49.5 Å². The molecule has 4 rings (SSSR count). The lowest BCUT2D eigenvalue weighted by Gasteiger charge is -2.16. The molecule has 0 saturated carbocycles. The van der Waals surface area contributed by atoms with Crippen molar-refractivity contribution < 1.29 is 9.90 Å². The predicted octanol–water partition coefficient (Wildman–Crippen LogP) is 4.46. The number of hydrogen-bond acceptors (Lipinski definition) is 2. The highest BCUT2D eigenvalue weighted by atomic mass is 16.4. The van der Waals surface area contributed by atoms with Crippen LogP contribution >= 0.6 is 0 Å². The number of carboxylic acids is 1. The van der Waals surface area contributed by atoms with Crippen molar-refractivity contribution in [3.05, 3.63) is 70.3 Å². The fourth-order valence-corrected chi connectivity index (χ4v) is 4.34. The van der Waals surface area contributed by atoms with E-state index in [2.05, 4.69) is 18.0 Å². The van der Waals surface area contributed by atoms with Gasteiger partial charge < -0.3 is 10.1 Å². The molecule has 150 valence electrons. The first-order valence-corrected chi connectivity index (χ1v) is 9.98. The number of imidazole rings is 1. The first kappa shape index (κ1) is 19.1. The van der Waals surface area contributed by atoms with E-state index in [1.54, 1.807) is 9.13 Å². The summed E-state index contributed by atoms with van der Waals surface area (Å²) in [6, 6.07) is 13.4. The quantitative estimate of drug-likeness (QED) is 0.488. The molecular weight excluding hydrogens is 366 g/mol. The molecule has 0 fully saturated rings. The predicted molar refractivity (Wildman–Crippen MR) is 115 cm³/mol. The molecule has 0 aliphatic carbocycles. The van der Waals surface area contributed by atoms with Crippen LogP contribution in [0.1, 0.15) is 43.4 Å². The minimum atomic E-state index is -0.889. The Morgan fingerprint density at radius 3 is 2.62 bits per heavy atom. The molecule has 2 aromatic carbocycles. The molecule has 2 heterocycles. The second-order valence-electron chi connectivity index (χ2n) is 7.58. The molecular formula is C23H25N3O3. The number of nitrogens with one attached hydrogen (secondary N) is 1. The Morgan fingerprint density at radius 2 is 1.90 bits per heavy atom. The van der Waals surface area contributed by atoms with E-state index in [-0.39, 0.29) is 18.2 Å². The van der Waals surface area contributed by atoms with Gasteiger partial charge in [-0.15, -0.1) is 0 Å². The van der Waals surface area contributed by atoms with Crippen molar-refractivity contribution in [2.45, 2.75) is 45.7 Å². The van der Waals surface area contributed by atoms with Crippen LogP contribution in [-0.2, 0) is 11.3 Å². The van der Waals surface area contributed by atoms with Crippen LogP contribution < -0.4 is 5.69 Å². The molecule has 1 atom stereocenters. The van der Waals surface area contributed by atoms with Crippen molar-refractivity contribution in [1.82, 2.24) is 14.1 Å². The molecule has 2 N–H and O–H groups in total. The van der Waals surface area contributed by atoms with Crippen molar-refractivity contribution in [2.24, 2.45) is 0 Å². The lowest BCUT2D eigenvalue weighted by molar-refractivity contribution is -0.137. The van der Waals surface area contributed by atoms with Gasteiger partial charge in [0.15, 0.2) is 0 Å². The van der Waals surface area contributed by atoms with Crippen LogP contribution in [0, 0.1) is 6.92 Å². The van der Waals surface area contributed by atoms with Gasteiger partial charge in [-0.1, -0.05) is 37.6 Å². The van der Waals surface area contributed by atoms with E-state index in [0.29, 0.717) is 13.0 Å². The number of fused-ring (bicyclic) bond motifs is 2. The first-order chi connectivity index (χ1) is 14.0. The summed E-state index contributed by atoms with van der Waals surface area (Å²) in [5.74, 6) is -0.889. The first-order valence-electron chi connectivity index (χ1n) is 9.98. The molecule has 2 aromatic heterocycles. The van der Waals surface area contributed by atoms with E-state index >= 15 is 0 Å². The number of hydrogen-bond donors (Lipinski definition) is 2. The third-order valence-electron chi connectivity index (χ3n) is 5.59. The van der Waals surface area contributed by atoms with Gasteiger partial charge in [0, 0.05) is 23.1 Å². The molecule has 0 aliphatic heterocycles. The standard InChI is InChI=1S/C23H25N3O3/c1-3-7-17(12-21(27)28)26-20-11-5-4-10-19(20)25(23(26)29)14-16-13-24-18-9-6-8-15(2)22(16)18/h4-6,8-11,13,17,24H,3,7,12,14H2,1-2H3,(H,27,28)/t17-/m0/s1. The number of aromatic nitrogens is 3. The zero-order chi connectivity index (χ0) is 20.5. The Morgan fingerprint density at radius 1 is 1.14 bits per heavy atom. The molecule has 0 spiro atoms. The summed E-state index contributed by atoms with van der Waals surface area (Å²) in [4.78, 5) is 28.2. The second-order valence-corrected chi connectivity index (χ2v) is 7.58. The van der Waals surface area contributed by atoms with Gasteiger partial charge in [-0.25, -0.2) is 4.79 Å². The van der Waals surface area contributed by atoms with Gasteiger partial charge in [0.05, 0.1) is 24.0 Å². The normalized spacial score (nSPS) is 12.6. The second kappa shape index (κ2) is 7.62. The summed E-state index contributed by atoms with van der Waals surface area (Å²) in [5, 5.41) is 10.5. The third kappa shape index (κ3) is 3.35. The lowest BCUT2D eigenvalue weighted by atomic mass is 10.1. The molecule has 0 saturated heterocycles. The number of carbonyl (C=O) groups is 1. The summed E-state index contributed by atoms with van der Waals surface area (Å²) in [5.41, 5.74) is 4.71. The van der Waals surface area contributed by atoms with Crippen LogP contribution in [0.3, 0.4) is 0 Å². The van der Waals surface area contributed by atoms with Crippen LogP contribution in [-0.4, -0.2) is 25.2 Å². The van der Waals surface area contributed by atoms with Crippen molar-refractivity contribution in [3.63, 3.8) is 0 Å². The minimum absolute atomic E-state index is 0.0616. The smallest absolute Gasteiger partial charge is 0.329 e. The van der Waals surface area contributed by atoms with E-state index < -0.39 is 5.97 Å². The molecule has 0 bridgehead atoms. The van der Waals surface area contributed by atoms with Gasteiger partial charge in [0.25, 0.3) is 0 Å². The lowest BCUT2D eigenvalue weighted by Crippen LogP contribution is -2.29.